The molecule has 2 aromatic heterocycles. The Labute approximate surface area is 452 Å². The van der Waals surface area contributed by atoms with Crippen molar-refractivity contribution in [3.63, 3.8) is 0 Å². The Morgan fingerprint density at radius 1 is 0.697 bits per heavy atom. The molecule has 2 saturated heterocycles. The van der Waals surface area contributed by atoms with E-state index in [-0.39, 0.29) is 47.9 Å². The Morgan fingerprint density at radius 3 is 1.82 bits per heavy atom. The summed E-state index contributed by atoms with van der Waals surface area (Å²) in [5, 5.41) is 28.0. The number of fused-ring (bicyclic) bond motifs is 7. The van der Waals surface area contributed by atoms with E-state index in [0.717, 1.165) is 26.5 Å². The van der Waals surface area contributed by atoms with E-state index in [2.05, 4.69) is 20.6 Å². The molecule has 21 nitrogen and oxygen atoms in total. The van der Waals surface area contributed by atoms with E-state index in [0.29, 0.717) is 21.8 Å². The molecule has 2 aliphatic heterocycles. The first-order valence-electron chi connectivity index (χ1n) is 24.5. The van der Waals surface area contributed by atoms with Crippen molar-refractivity contribution >= 4 is 114 Å². The number of likely N-dealkylation sites (N-methyl/N-ethyl adjacent to an activating group) is 5. The van der Waals surface area contributed by atoms with E-state index in [9.17, 15) is 58.2 Å². The van der Waals surface area contributed by atoms with E-state index in [1.165, 1.54) is 78.7 Å². The summed E-state index contributed by atoms with van der Waals surface area (Å²) < 4.78 is 0. The monoisotopic (exact) mass is 1100 g/mol. The third-order valence-corrected chi connectivity index (χ3v) is 16.8. The van der Waals surface area contributed by atoms with Crippen LogP contribution in [0.15, 0.2) is 60.7 Å². The topological polar surface area (TPSA) is 277 Å². The lowest BCUT2D eigenvalue weighted by atomic mass is 9.96. The first-order valence-corrected chi connectivity index (χ1v) is 28.4. The fraction of sp³-hybridized carbons (Fsp3) is 0.462. The van der Waals surface area contributed by atoms with Gasteiger partial charge in [0.15, 0.2) is 23.0 Å². The van der Waals surface area contributed by atoms with Crippen LogP contribution in [-0.2, 0) is 38.4 Å². The number of nitrogens with one attached hydrogen (secondary N) is 2. The van der Waals surface area contributed by atoms with Crippen molar-refractivity contribution in [3.8, 4) is 11.5 Å². The van der Waals surface area contributed by atoms with Gasteiger partial charge in [0.2, 0.25) is 35.4 Å². The predicted octanol–water partition coefficient (Wildman–Crippen LogP) is 2.94. The standard InChI is InChI=1S/C52H63N9O12S3/c1-8-35-40(63)18-17-34(56-49(70)47-43(66)22-30-14-10-12-16-33(30)55-47)39(62)19-20-44(67)58(3)37-27-75-76-28-38(51(72)60(35)5)59(4)45(68)24-53-48(69)31(25-57(2)50(71)36(26-74-7)61(6)52(37)73)23-42(65)46-41(64)21-29-13-9-11-15-32(29)54-46/h9-16,21-22,31,34-38,64,66H,8,17-20,23-28H2,1-7H3,(H,53,69)(H,56,70)/t31-,34-,35+,36+,37+,38+/m1/s1. The van der Waals surface area contributed by atoms with Crippen molar-refractivity contribution in [3.05, 3.63) is 72.1 Å². The number of benzene rings is 2. The summed E-state index contributed by atoms with van der Waals surface area (Å²) in [6, 6.07) is 10.1. The fourth-order valence-corrected chi connectivity index (χ4v) is 12.3. The van der Waals surface area contributed by atoms with Crippen LogP contribution >= 0.6 is 33.3 Å². The number of thioether (sulfide) groups is 1. The van der Waals surface area contributed by atoms with Gasteiger partial charge in [0.25, 0.3) is 5.91 Å². The first kappa shape index (κ1) is 58.5. The normalized spacial score (nSPS) is 23.0. The minimum atomic E-state index is -1.38. The van der Waals surface area contributed by atoms with Crippen LogP contribution in [0.5, 0.6) is 11.5 Å². The lowest BCUT2D eigenvalue weighted by Crippen LogP contribution is -2.57. The molecule has 6 atom stereocenters. The second-order valence-corrected chi connectivity index (χ2v) is 22.2. The summed E-state index contributed by atoms with van der Waals surface area (Å²) in [6.07, 6.45) is -0.215. The number of para-hydroxylation sites is 2. The lowest BCUT2D eigenvalue weighted by molar-refractivity contribution is -0.149. The molecule has 76 heavy (non-hydrogen) atoms. The minimum absolute atomic E-state index is 0.0654. The minimum Gasteiger partial charge on any atom is -0.506 e. The number of hydrogen-bond donors (Lipinski definition) is 4. The Kier molecular flexibility index (Phi) is 20.2. The molecule has 24 heteroatoms. The molecule has 0 aliphatic carbocycles. The largest absolute Gasteiger partial charge is 0.506 e. The number of carbonyl (C=O) groups is 10. The third kappa shape index (κ3) is 13.8. The molecule has 2 fully saturated rings. The number of rotatable bonds is 8. The summed E-state index contributed by atoms with van der Waals surface area (Å²) in [4.78, 5) is 157. The molecule has 0 spiro atoms. The molecule has 4 heterocycles. The fourth-order valence-electron chi connectivity index (χ4n) is 9.10. The quantitative estimate of drug-likeness (QED) is 0.146. The van der Waals surface area contributed by atoms with Gasteiger partial charge in [0.05, 0.1) is 35.6 Å². The highest BCUT2D eigenvalue weighted by Gasteiger charge is 2.40. The molecule has 2 bridgehead atoms. The van der Waals surface area contributed by atoms with Crippen LogP contribution < -0.4 is 10.6 Å². The molecule has 7 amide bonds. The van der Waals surface area contributed by atoms with Crippen LogP contribution in [0.2, 0.25) is 0 Å². The van der Waals surface area contributed by atoms with Crippen molar-refractivity contribution in [2.24, 2.45) is 5.92 Å². The van der Waals surface area contributed by atoms with Crippen molar-refractivity contribution < 1.29 is 58.2 Å². The van der Waals surface area contributed by atoms with Gasteiger partial charge in [0, 0.05) is 95.5 Å². The summed E-state index contributed by atoms with van der Waals surface area (Å²) in [7, 11) is 9.17. The Balaban J connectivity index is 1.37. The average molecular weight is 1100 g/mol. The van der Waals surface area contributed by atoms with E-state index < -0.39 is 139 Å². The highest BCUT2D eigenvalue weighted by atomic mass is 33.1. The van der Waals surface area contributed by atoms with Gasteiger partial charge in [-0.3, -0.25) is 47.9 Å². The number of hydrogen-bond acceptors (Lipinski definition) is 17. The van der Waals surface area contributed by atoms with Gasteiger partial charge < -0.3 is 45.3 Å². The molecule has 2 aromatic carbocycles. The van der Waals surface area contributed by atoms with E-state index in [1.807, 2.05) is 0 Å². The van der Waals surface area contributed by atoms with Gasteiger partial charge in [-0.2, -0.15) is 11.8 Å². The maximum Gasteiger partial charge on any atom is 0.274 e. The van der Waals surface area contributed by atoms with Gasteiger partial charge in [-0.15, -0.1) is 0 Å². The SMILES string of the molecule is CC[C@H]1C(=O)CC[C@@H](NC(=O)c2nc3ccccc3cc2O)C(=O)CCC(=O)N(C)[C@H]2CSSC[C@@H](C(=O)N1C)N(C)C(=O)CNC(=O)[C@H](CC(=O)c1nc3ccccc3cc1O)CN(C)C(=O)[C@H](CSC)N(C)C2=O. The molecule has 406 valence electrons. The van der Waals surface area contributed by atoms with E-state index >= 15 is 0 Å². The molecular formula is C52H63N9O12S3. The Morgan fingerprint density at radius 2 is 1.24 bits per heavy atom. The van der Waals surface area contributed by atoms with Crippen molar-refractivity contribution in [1.82, 2.24) is 45.1 Å². The smallest absolute Gasteiger partial charge is 0.274 e. The molecule has 6 rings (SSSR count). The van der Waals surface area contributed by atoms with E-state index in [4.69, 9.17) is 0 Å². The number of carbonyl (C=O) groups excluding carboxylic acids is 10. The molecule has 0 unspecified atom stereocenters. The maximum absolute atomic E-state index is 14.8. The molecular weight excluding hydrogens is 1040 g/mol. The second-order valence-electron chi connectivity index (χ2n) is 18.8. The van der Waals surface area contributed by atoms with Crippen LogP contribution in [0, 0.1) is 5.92 Å². The molecule has 0 radical (unpaired) electrons. The molecule has 4 aromatic rings. The highest BCUT2D eigenvalue weighted by Crippen LogP contribution is 2.30. The maximum atomic E-state index is 14.8. The van der Waals surface area contributed by atoms with Crippen LogP contribution in [0.3, 0.4) is 0 Å². The van der Waals surface area contributed by atoms with Gasteiger partial charge >= 0.3 is 0 Å². The van der Waals surface area contributed by atoms with E-state index in [1.54, 1.807) is 61.7 Å². The average Bonchev–Trinajstić information content (AvgIpc) is 3.41. The number of aromatic hydroxyl groups is 2. The van der Waals surface area contributed by atoms with Crippen LogP contribution in [0.4, 0.5) is 0 Å². The van der Waals surface area contributed by atoms with Crippen LogP contribution in [0.1, 0.15) is 66.4 Å². The zero-order valence-electron chi connectivity index (χ0n) is 43.3. The summed E-state index contributed by atoms with van der Waals surface area (Å²) in [5.74, 6) is -9.25. The van der Waals surface area contributed by atoms with Crippen molar-refractivity contribution in [1.29, 1.82) is 0 Å². The van der Waals surface area contributed by atoms with Crippen LogP contribution in [0.25, 0.3) is 21.8 Å². The number of ketones is 3. The second kappa shape index (κ2) is 26.3. The van der Waals surface area contributed by atoms with Crippen LogP contribution in [-0.4, -0.2) is 205 Å². The number of nitrogens with zero attached hydrogens (tertiary/aromatic N) is 7. The van der Waals surface area contributed by atoms with Gasteiger partial charge in [0.1, 0.15) is 35.3 Å². The number of aromatic nitrogens is 2. The number of amides is 7. The zero-order chi connectivity index (χ0) is 55.5. The molecule has 4 N–H and O–H groups in total. The summed E-state index contributed by atoms with van der Waals surface area (Å²) in [5.41, 5.74) is 0.104. The lowest BCUT2D eigenvalue weighted by Gasteiger charge is -2.36. The molecule has 0 saturated carbocycles. The first-order chi connectivity index (χ1) is 36.2. The predicted molar refractivity (Wildman–Crippen MR) is 289 cm³/mol. The van der Waals surface area contributed by atoms with Gasteiger partial charge in [-0.25, -0.2) is 9.97 Å². The molecule has 2 aliphatic rings. The summed E-state index contributed by atoms with van der Waals surface area (Å²) >= 11 is 1.25. The number of pyridine rings is 2. The number of Topliss-reactive ketones (excluding diaryl/α,β-unsaturated/α-hetero) is 3. The van der Waals surface area contributed by atoms with Crippen molar-refractivity contribution in [2.75, 3.05) is 71.8 Å². The van der Waals surface area contributed by atoms with Gasteiger partial charge in [-0.05, 0) is 43.4 Å². The van der Waals surface area contributed by atoms with Gasteiger partial charge in [-0.1, -0.05) is 64.9 Å². The Bertz CT molecular complexity index is 2910. The highest BCUT2D eigenvalue weighted by molar-refractivity contribution is 8.76. The third-order valence-electron chi connectivity index (χ3n) is 13.8. The van der Waals surface area contributed by atoms with Crippen molar-refractivity contribution in [2.45, 2.75) is 75.7 Å². The Hall–Kier alpha value is -6.79. The summed E-state index contributed by atoms with van der Waals surface area (Å²) in [6.45, 7) is 0.622. The zero-order valence-corrected chi connectivity index (χ0v) is 45.8.